The van der Waals surface area contributed by atoms with Crippen LogP contribution in [0.1, 0.15) is 22.5 Å². The fourth-order valence-electron chi connectivity index (χ4n) is 3.43. The van der Waals surface area contributed by atoms with Crippen molar-refractivity contribution in [1.29, 1.82) is 0 Å². The van der Waals surface area contributed by atoms with Crippen LogP contribution in [0.4, 0.5) is 0 Å². The molecule has 4 rings (SSSR count). The average Bonchev–Trinajstić information content (AvgIpc) is 3.04. The third-order valence-corrected chi connectivity index (χ3v) is 5.18. The first-order chi connectivity index (χ1) is 14.8. The van der Waals surface area contributed by atoms with E-state index in [1.165, 1.54) is 12.0 Å². The molecule has 1 aliphatic rings. The molecular weight excluding hydrogens is 396 g/mol. The molecule has 8 nitrogen and oxygen atoms in total. The quantitative estimate of drug-likeness (QED) is 0.622. The van der Waals surface area contributed by atoms with Crippen molar-refractivity contribution in [1.82, 2.24) is 14.9 Å². The minimum Gasteiger partial charge on any atom is -0.497 e. The van der Waals surface area contributed by atoms with Gasteiger partial charge in [0.25, 0.3) is 11.8 Å². The number of aromatic nitrogens is 2. The first-order valence-corrected chi connectivity index (χ1v) is 9.58. The van der Waals surface area contributed by atoms with Crippen LogP contribution in [-0.2, 0) is 4.79 Å². The van der Waals surface area contributed by atoms with E-state index in [1.807, 2.05) is 0 Å². The predicted molar refractivity (Wildman–Crippen MR) is 114 cm³/mol. The molecule has 0 radical (unpaired) electrons. The van der Waals surface area contributed by atoms with Crippen molar-refractivity contribution < 1.29 is 19.4 Å². The van der Waals surface area contributed by atoms with Gasteiger partial charge >= 0.3 is 0 Å². The summed E-state index contributed by atoms with van der Waals surface area (Å²) < 4.78 is 5.21. The number of nitrogens with zero attached hydrogens (tertiary/aromatic N) is 3. The van der Waals surface area contributed by atoms with Crippen LogP contribution in [0.3, 0.4) is 0 Å². The number of methoxy groups -OCH3 is 1. The fourth-order valence-corrected chi connectivity index (χ4v) is 3.43. The summed E-state index contributed by atoms with van der Waals surface area (Å²) >= 11 is 0. The molecule has 1 atom stereocenters. The number of aliphatic hydroxyl groups is 1. The van der Waals surface area contributed by atoms with Gasteiger partial charge in [-0.1, -0.05) is 24.0 Å². The van der Waals surface area contributed by atoms with Crippen molar-refractivity contribution in [3.63, 3.8) is 0 Å². The van der Waals surface area contributed by atoms with E-state index >= 15 is 0 Å². The molecule has 0 aliphatic carbocycles. The Morgan fingerprint density at radius 1 is 1.26 bits per heavy atom. The van der Waals surface area contributed by atoms with Gasteiger partial charge in [0.15, 0.2) is 5.82 Å². The van der Waals surface area contributed by atoms with Crippen molar-refractivity contribution in [3.05, 3.63) is 53.7 Å². The molecule has 3 N–H and O–H groups in total. The highest BCUT2D eigenvalue weighted by Gasteiger charge is 2.42. The lowest BCUT2D eigenvalue weighted by Crippen LogP contribution is -2.37. The third kappa shape index (κ3) is 3.79. The van der Waals surface area contributed by atoms with Crippen molar-refractivity contribution in [3.8, 4) is 29.0 Å². The summed E-state index contributed by atoms with van der Waals surface area (Å²) in [7, 11) is 3.16. The molecule has 3 aromatic rings. The maximum atomic E-state index is 12.1. The number of primary amides is 1. The monoisotopic (exact) mass is 416 g/mol. The first kappa shape index (κ1) is 20.3. The van der Waals surface area contributed by atoms with Gasteiger partial charge in [0.1, 0.15) is 11.4 Å². The van der Waals surface area contributed by atoms with Gasteiger partial charge in [0.05, 0.1) is 12.6 Å². The smallest absolute Gasteiger partial charge is 0.268 e. The van der Waals surface area contributed by atoms with Crippen molar-refractivity contribution >= 4 is 22.7 Å². The Labute approximate surface area is 178 Å². The molecule has 1 saturated heterocycles. The fraction of sp³-hybridized carbons (Fsp3) is 0.217. The Bertz CT molecular complexity index is 1280. The summed E-state index contributed by atoms with van der Waals surface area (Å²) in [6, 6.07) is 12.2. The van der Waals surface area contributed by atoms with E-state index in [-0.39, 0.29) is 12.1 Å². The highest BCUT2D eigenvalue weighted by atomic mass is 16.5. The van der Waals surface area contributed by atoms with Gasteiger partial charge in [0.2, 0.25) is 5.60 Å². The van der Waals surface area contributed by atoms with Crippen LogP contribution < -0.4 is 10.5 Å². The van der Waals surface area contributed by atoms with Crippen molar-refractivity contribution in [2.75, 3.05) is 20.7 Å². The number of ether oxygens (including phenoxy) is 1. The zero-order valence-corrected chi connectivity index (χ0v) is 17.0. The molecule has 1 unspecified atom stereocenters. The Balaban J connectivity index is 1.75. The molecule has 1 aromatic heterocycles. The third-order valence-electron chi connectivity index (χ3n) is 5.18. The van der Waals surface area contributed by atoms with Gasteiger partial charge in [-0.2, -0.15) is 0 Å². The molecular formula is C23H20N4O4. The SMILES string of the molecule is COc1ccc2nc(-c3cccc(C#CC4(O)CCN(C)C4=O)c3)nc(C(N)=O)c2c1. The van der Waals surface area contributed by atoms with Crippen molar-refractivity contribution in [2.45, 2.75) is 12.0 Å². The number of hydrogen-bond acceptors (Lipinski definition) is 6. The number of hydrogen-bond donors (Lipinski definition) is 2. The summed E-state index contributed by atoms with van der Waals surface area (Å²) in [4.78, 5) is 34.5. The number of carbonyl (C=O) groups excluding carboxylic acids is 2. The van der Waals surface area contributed by atoms with Crippen LogP contribution in [0.15, 0.2) is 42.5 Å². The largest absolute Gasteiger partial charge is 0.497 e. The van der Waals surface area contributed by atoms with Crippen LogP contribution in [0, 0.1) is 11.8 Å². The summed E-state index contributed by atoms with van der Waals surface area (Å²) in [5.41, 5.74) is 5.70. The van der Waals surface area contributed by atoms with E-state index in [2.05, 4.69) is 21.8 Å². The molecule has 31 heavy (non-hydrogen) atoms. The Kier molecular flexibility index (Phi) is 5.05. The summed E-state index contributed by atoms with van der Waals surface area (Å²) in [6.07, 6.45) is 0.258. The first-order valence-electron chi connectivity index (χ1n) is 9.58. The maximum Gasteiger partial charge on any atom is 0.268 e. The van der Waals surface area contributed by atoms with Crippen LogP contribution in [0.5, 0.6) is 5.75 Å². The number of carbonyl (C=O) groups is 2. The minimum absolute atomic E-state index is 0.0873. The average molecular weight is 416 g/mol. The zero-order chi connectivity index (χ0) is 22.2. The summed E-state index contributed by atoms with van der Waals surface area (Å²) in [5.74, 6) is 5.35. The van der Waals surface area contributed by atoms with E-state index in [4.69, 9.17) is 10.5 Å². The molecule has 156 valence electrons. The predicted octanol–water partition coefficient (Wildman–Crippen LogP) is 1.35. The highest BCUT2D eigenvalue weighted by Crippen LogP contribution is 2.26. The van der Waals surface area contributed by atoms with Crippen LogP contribution in [0.25, 0.3) is 22.3 Å². The van der Waals surface area contributed by atoms with E-state index in [1.54, 1.807) is 49.5 Å². The molecule has 0 bridgehead atoms. The van der Waals surface area contributed by atoms with Gasteiger partial charge in [-0.25, -0.2) is 9.97 Å². The van der Waals surface area contributed by atoms with E-state index in [9.17, 15) is 14.7 Å². The Morgan fingerprint density at radius 2 is 2.06 bits per heavy atom. The lowest BCUT2D eigenvalue weighted by molar-refractivity contribution is -0.137. The second-order valence-corrected chi connectivity index (χ2v) is 7.31. The number of nitrogens with two attached hydrogens (primary N) is 1. The molecule has 0 spiro atoms. The Hall–Kier alpha value is -3.96. The van der Waals surface area contributed by atoms with Crippen LogP contribution in [-0.4, -0.2) is 58.1 Å². The minimum atomic E-state index is -1.68. The van der Waals surface area contributed by atoms with E-state index in [0.29, 0.717) is 40.1 Å². The van der Waals surface area contributed by atoms with Gasteiger partial charge in [-0.05, 0) is 30.3 Å². The maximum absolute atomic E-state index is 12.1. The summed E-state index contributed by atoms with van der Waals surface area (Å²) in [6.45, 7) is 0.454. The van der Waals surface area contributed by atoms with Crippen molar-refractivity contribution in [2.24, 2.45) is 5.73 Å². The van der Waals surface area contributed by atoms with Gasteiger partial charge in [-0.3, -0.25) is 9.59 Å². The Morgan fingerprint density at radius 3 is 2.74 bits per heavy atom. The van der Waals surface area contributed by atoms with Gasteiger partial charge in [0, 0.05) is 36.5 Å². The summed E-state index contributed by atoms with van der Waals surface area (Å²) in [5, 5.41) is 11.0. The standard InChI is InChI=1S/C23H20N4O4/c1-27-11-10-23(30,22(27)29)9-8-14-4-3-5-15(12-14)21-25-18-7-6-16(31-2)13-17(18)19(26-21)20(24)28/h3-7,12-13,30H,10-11H2,1-2H3,(H2,24,28). The lowest BCUT2D eigenvalue weighted by atomic mass is 10.0. The number of amides is 2. The number of rotatable bonds is 3. The molecule has 1 aliphatic heterocycles. The molecule has 1 fully saturated rings. The molecule has 2 amide bonds. The number of likely N-dealkylation sites (N-methyl/N-ethyl adjacent to an activating group) is 1. The highest BCUT2D eigenvalue weighted by molar-refractivity contribution is 6.04. The van der Waals surface area contributed by atoms with Gasteiger partial charge < -0.3 is 20.5 Å². The number of likely N-dealkylation sites (tertiary alicyclic amines) is 1. The molecule has 2 aromatic carbocycles. The molecule has 2 heterocycles. The van der Waals surface area contributed by atoms with Crippen LogP contribution in [0.2, 0.25) is 0 Å². The number of fused-ring (bicyclic) bond motifs is 1. The topological polar surface area (TPSA) is 119 Å². The number of benzene rings is 2. The van der Waals surface area contributed by atoms with Crippen LogP contribution >= 0.6 is 0 Å². The van der Waals surface area contributed by atoms with E-state index in [0.717, 1.165) is 0 Å². The van der Waals surface area contributed by atoms with Gasteiger partial charge in [-0.15, -0.1) is 0 Å². The zero-order valence-electron chi connectivity index (χ0n) is 17.0. The normalized spacial score (nSPS) is 18.0. The second kappa shape index (κ2) is 7.70. The molecule has 0 saturated carbocycles. The van der Waals surface area contributed by atoms with E-state index < -0.39 is 17.4 Å². The lowest BCUT2D eigenvalue weighted by Gasteiger charge is -2.13. The molecule has 8 heteroatoms. The second-order valence-electron chi connectivity index (χ2n) is 7.31.